The molecule has 2 heterocycles. The number of carbonyl (C=O) groups excluding carboxylic acids is 1. The highest BCUT2D eigenvalue weighted by Crippen LogP contribution is 2.19. The topological polar surface area (TPSA) is 54.9 Å². The van der Waals surface area contributed by atoms with Crippen LogP contribution in [0.25, 0.3) is 0 Å². The molecular weight excluding hydrogens is 226 g/mol. The second-order valence-corrected chi connectivity index (χ2v) is 3.46. The monoisotopic (exact) mass is 233 g/mol. The molecule has 0 atom stereocenters. The summed E-state index contributed by atoms with van der Waals surface area (Å²) in [6.45, 7) is 0. The van der Waals surface area contributed by atoms with Crippen molar-refractivity contribution in [3.05, 3.63) is 53.6 Å². The standard InChI is InChI=1S/C11H8ClN3O/c12-9-7-14-5-3-10(9)15-11(16)8-2-1-4-13-6-8/h1-7H,(H,14,15,16). The highest BCUT2D eigenvalue weighted by Gasteiger charge is 2.07. The number of anilines is 1. The van der Waals surface area contributed by atoms with E-state index in [0.717, 1.165) is 0 Å². The van der Waals surface area contributed by atoms with Crippen LogP contribution in [0, 0.1) is 0 Å². The lowest BCUT2D eigenvalue weighted by molar-refractivity contribution is 0.102. The summed E-state index contributed by atoms with van der Waals surface area (Å²) in [6.07, 6.45) is 6.13. The Labute approximate surface area is 97.3 Å². The maximum atomic E-state index is 11.7. The Morgan fingerprint density at radius 2 is 2.00 bits per heavy atom. The van der Waals surface area contributed by atoms with Crippen molar-refractivity contribution in [2.45, 2.75) is 0 Å². The maximum absolute atomic E-state index is 11.7. The first kappa shape index (κ1) is 10.6. The van der Waals surface area contributed by atoms with Crippen LogP contribution < -0.4 is 5.32 Å². The second-order valence-electron chi connectivity index (χ2n) is 3.05. The zero-order valence-corrected chi connectivity index (χ0v) is 8.98. The predicted molar refractivity (Wildman–Crippen MR) is 61.4 cm³/mol. The van der Waals surface area contributed by atoms with Crippen molar-refractivity contribution in [2.75, 3.05) is 5.32 Å². The number of amides is 1. The molecule has 0 radical (unpaired) electrons. The van der Waals surface area contributed by atoms with E-state index in [2.05, 4.69) is 15.3 Å². The summed E-state index contributed by atoms with van der Waals surface area (Å²) in [5.41, 5.74) is 1.01. The summed E-state index contributed by atoms with van der Waals surface area (Å²) in [6, 6.07) is 5.01. The molecule has 0 aliphatic heterocycles. The van der Waals surface area contributed by atoms with Crippen LogP contribution in [-0.2, 0) is 0 Å². The first-order valence-corrected chi connectivity index (χ1v) is 4.96. The Balaban J connectivity index is 2.18. The van der Waals surface area contributed by atoms with Gasteiger partial charge in [0.25, 0.3) is 5.91 Å². The molecule has 1 N–H and O–H groups in total. The number of nitrogens with one attached hydrogen (secondary N) is 1. The van der Waals surface area contributed by atoms with E-state index in [4.69, 9.17) is 11.6 Å². The smallest absolute Gasteiger partial charge is 0.257 e. The second kappa shape index (κ2) is 4.72. The van der Waals surface area contributed by atoms with Gasteiger partial charge in [0.15, 0.2) is 0 Å². The van der Waals surface area contributed by atoms with E-state index in [1.165, 1.54) is 12.4 Å². The average Bonchev–Trinajstić information content (AvgIpc) is 2.33. The molecule has 0 saturated heterocycles. The minimum Gasteiger partial charge on any atom is -0.320 e. The van der Waals surface area contributed by atoms with Crippen LogP contribution in [0.4, 0.5) is 5.69 Å². The Bertz CT molecular complexity index is 502. The van der Waals surface area contributed by atoms with E-state index < -0.39 is 0 Å². The summed E-state index contributed by atoms with van der Waals surface area (Å²) < 4.78 is 0. The Morgan fingerprint density at radius 3 is 2.69 bits per heavy atom. The van der Waals surface area contributed by atoms with Crippen LogP contribution >= 0.6 is 11.6 Å². The van der Waals surface area contributed by atoms with Crippen LogP contribution in [-0.4, -0.2) is 15.9 Å². The third-order valence-corrected chi connectivity index (χ3v) is 2.25. The largest absolute Gasteiger partial charge is 0.320 e. The number of halogens is 1. The highest BCUT2D eigenvalue weighted by molar-refractivity contribution is 6.33. The van der Waals surface area contributed by atoms with Crippen molar-refractivity contribution in [2.24, 2.45) is 0 Å². The van der Waals surface area contributed by atoms with Gasteiger partial charge in [-0.2, -0.15) is 0 Å². The first-order chi connectivity index (χ1) is 7.77. The normalized spacial score (nSPS) is 9.81. The van der Waals surface area contributed by atoms with E-state index in [9.17, 15) is 4.79 Å². The Kier molecular flexibility index (Phi) is 3.12. The van der Waals surface area contributed by atoms with Gasteiger partial charge < -0.3 is 5.32 Å². The summed E-state index contributed by atoms with van der Waals surface area (Å²) in [5.74, 6) is -0.249. The van der Waals surface area contributed by atoms with Gasteiger partial charge in [0.1, 0.15) is 0 Å². The summed E-state index contributed by atoms with van der Waals surface area (Å²) in [5, 5.41) is 3.08. The van der Waals surface area contributed by atoms with E-state index in [1.807, 2.05) is 0 Å². The quantitative estimate of drug-likeness (QED) is 0.867. The van der Waals surface area contributed by atoms with Gasteiger partial charge in [0.05, 0.1) is 16.3 Å². The number of hydrogen-bond donors (Lipinski definition) is 1. The average molecular weight is 234 g/mol. The number of aromatic nitrogens is 2. The fourth-order valence-electron chi connectivity index (χ4n) is 1.17. The summed E-state index contributed by atoms with van der Waals surface area (Å²) in [4.78, 5) is 19.4. The molecule has 4 nitrogen and oxygen atoms in total. The van der Waals surface area contributed by atoms with Gasteiger partial charge in [0.2, 0.25) is 0 Å². The SMILES string of the molecule is O=C(Nc1ccncc1Cl)c1cccnc1. The molecule has 0 saturated carbocycles. The minimum absolute atomic E-state index is 0.249. The molecule has 0 aliphatic rings. The van der Waals surface area contributed by atoms with Crippen LogP contribution in [0.1, 0.15) is 10.4 Å². The Morgan fingerprint density at radius 1 is 1.19 bits per heavy atom. The molecule has 0 spiro atoms. The van der Waals surface area contributed by atoms with E-state index in [-0.39, 0.29) is 5.91 Å². The van der Waals surface area contributed by atoms with Crippen molar-refractivity contribution < 1.29 is 4.79 Å². The van der Waals surface area contributed by atoms with Crippen LogP contribution in [0.5, 0.6) is 0 Å². The van der Waals surface area contributed by atoms with E-state index >= 15 is 0 Å². The third kappa shape index (κ3) is 2.35. The first-order valence-electron chi connectivity index (χ1n) is 4.58. The van der Waals surface area contributed by atoms with Gasteiger partial charge in [-0.1, -0.05) is 11.6 Å². The molecular formula is C11H8ClN3O. The van der Waals surface area contributed by atoms with Crippen molar-refractivity contribution in [1.29, 1.82) is 0 Å². The zero-order valence-electron chi connectivity index (χ0n) is 8.22. The molecule has 2 rings (SSSR count). The van der Waals surface area contributed by atoms with E-state index in [1.54, 1.807) is 30.6 Å². The highest BCUT2D eigenvalue weighted by atomic mass is 35.5. The maximum Gasteiger partial charge on any atom is 0.257 e. The van der Waals surface area contributed by atoms with Crippen molar-refractivity contribution in [3.63, 3.8) is 0 Å². The Hall–Kier alpha value is -1.94. The van der Waals surface area contributed by atoms with Crippen molar-refractivity contribution in [1.82, 2.24) is 9.97 Å². The third-order valence-electron chi connectivity index (χ3n) is 1.94. The number of pyridine rings is 2. The van der Waals surface area contributed by atoms with E-state index in [0.29, 0.717) is 16.3 Å². The molecule has 80 valence electrons. The lowest BCUT2D eigenvalue weighted by atomic mass is 10.2. The molecule has 0 aliphatic carbocycles. The van der Waals surface area contributed by atoms with Crippen molar-refractivity contribution in [3.8, 4) is 0 Å². The molecule has 5 heteroatoms. The van der Waals surface area contributed by atoms with Gasteiger partial charge >= 0.3 is 0 Å². The van der Waals surface area contributed by atoms with Crippen LogP contribution in [0.3, 0.4) is 0 Å². The molecule has 2 aromatic rings. The van der Waals surface area contributed by atoms with Gasteiger partial charge in [-0.05, 0) is 18.2 Å². The molecule has 0 fully saturated rings. The van der Waals surface area contributed by atoms with Crippen molar-refractivity contribution >= 4 is 23.2 Å². The van der Waals surface area contributed by atoms with Gasteiger partial charge in [0, 0.05) is 24.8 Å². The molecule has 0 bridgehead atoms. The molecule has 0 unspecified atom stereocenters. The number of nitrogens with zero attached hydrogens (tertiary/aromatic N) is 2. The van der Waals surface area contributed by atoms with Gasteiger partial charge in [-0.25, -0.2) is 0 Å². The molecule has 2 aromatic heterocycles. The lowest BCUT2D eigenvalue weighted by Gasteiger charge is -2.05. The van der Waals surface area contributed by atoms with Crippen LogP contribution in [0.15, 0.2) is 43.0 Å². The van der Waals surface area contributed by atoms with Crippen LogP contribution in [0.2, 0.25) is 5.02 Å². The van der Waals surface area contributed by atoms with Gasteiger partial charge in [-0.15, -0.1) is 0 Å². The molecule has 0 aromatic carbocycles. The summed E-state index contributed by atoms with van der Waals surface area (Å²) >= 11 is 5.86. The van der Waals surface area contributed by atoms with Gasteiger partial charge in [-0.3, -0.25) is 14.8 Å². The molecule has 1 amide bonds. The number of rotatable bonds is 2. The fourth-order valence-corrected chi connectivity index (χ4v) is 1.33. The minimum atomic E-state index is -0.249. The number of carbonyl (C=O) groups is 1. The number of hydrogen-bond acceptors (Lipinski definition) is 3. The lowest BCUT2D eigenvalue weighted by Crippen LogP contribution is -2.12. The fraction of sp³-hybridized carbons (Fsp3) is 0. The molecule has 16 heavy (non-hydrogen) atoms. The summed E-state index contributed by atoms with van der Waals surface area (Å²) in [7, 11) is 0. The zero-order chi connectivity index (χ0) is 11.4. The predicted octanol–water partition coefficient (Wildman–Crippen LogP) is 2.38.